The fourth-order valence-corrected chi connectivity index (χ4v) is 2.55. The molecule has 2 heteroatoms. The average Bonchev–Trinajstić information content (AvgIpc) is 2.55. The van der Waals surface area contributed by atoms with Crippen LogP contribution in [0.3, 0.4) is 0 Å². The number of hydrogen-bond donors (Lipinski definition) is 1. The zero-order chi connectivity index (χ0) is 12.1. The minimum atomic E-state index is 0.780. The van der Waals surface area contributed by atoms with Crippen molar-refractivity contribution in [1.82, 2.24) is 4.98 Å². The first-order valence-electron chi connectivity index (χ1n) is 6.61. The van der Waals surface area contributed by atoms with E-state index >= 15 is 0 Å². The normalized spacial score (nSPS) is 20.8. The Morgan fingerprint density at radius 1 is 1.47 bits per heavy atom. The van der Waals surface area contributed by atoms with E-state index in [2.05, 4.69) is 30.1 Å². The maximum Gasteiger partial charge on any atom is 0.0661 e. The summed E-state index contributed by atoms with van der Waals surface area (Å²) in [6, 6.07) is 4.24. The first-order chi connectivity index (χ1) is 8.29. The molecule has 0 aromatic carbocycles. The van der Waals surface area contributed by atoms with Crippen molar-refractivity contribution in [2.24, 2.45) is 11.7 Å². The maximum absolute atomic E-state index is 5.64. The summed E-state index contributed by atoms with van der Waals surface area (Å²) >= 11 is 0. The molecule has 17 heavy (non-hydrogen) atoms. The van der Waals surface area contributed by atoms with Gasteiger partial charge in [-0.05, 0) is 74.8 Å². The SMILES string of the molecule is Cc1ccnc(C2=CCC(CCN)CCC2)c1. The number of pyridine rings is 1. The van der Waals surface area contributed by atoms with E-state index in [-0.39, 0.29) is 0 Å². The lowest BCUT2D eigenvalue weighted by atomic mass is 9.97. The van der Waals surface area contributed by atoms with E-state index < -0.39 is 0 Å². The Morgan fingerprint density at radius 3 is 3.12 bits per heavy atom. The van der Waals surface area contributed by atoms with Crippen molar-refractivity contribution in [2.45, 2.75) is 39.0 Å². The predicted octanol–water partition coefficient (Wildman–Crippen LogP) is 3.31. The zero-order valence-electron chi connectivity index (χ0n) is 10.7. The quantitative estimate of drug-likeness (QED) is 0.865. The summed E-state index contributed by atoms with van der Waals surface area (Å²) in [5, 5.41) is 0. The van der Waals surface area contributed by atoms with Crippen molar-refractivity contribution < 1.29 is 0 Å². The van der Waals surface area contributed by atoms with Gasteiger partial charge < -0.3 is 5.73 Å². The van der Waals surface area contributed by atoms with E-state index in [1.165, 1.54) is 36.1 Å². The zero-order valence-corrected chi connectivity index (χ0v) is 10.7. The molecular formula is C15H22N2. The number of hydrogen-bond acceptors (Lipinski definition) is 2. The molecule has 1 aromatic rings. The van der Waals surface area contributed by atoms with Gasteiger partial charge >= 0.3 is 0 Å². The average molecular weight is 230 g/mol. The van der Waals surface area contributed by atoms with E-state index in [1.54, 1.807) is 0 Å². The summed E-state index contributed by atoms with van der Waals surface area (Å²) in [6.07, 6.45) is 10.4. The van der Waals surface area contributed by atoms with Crippen LogP contribution >= 0.6 is 0 Å². The smallest absolute Gasteiger partial charge is 0.0661 e. The molecule has 1 aromatic heterocycles. The van der Waals surface area contributed by atoms with Crippen LogP contribution in [-0.4, -0.2) is 11.5 Å². The molecule has 1 aliphatic rings. The van der Waals surface area contributed by atoms with Crippen LogP contribution in [0.25, 0.3) is 5.57 Å². The molecule has 0 bridgehead atoms. The van der Waals surface area contributed by atoms with Crippen LogP contribution in [0.2, 0.25) is 0 Å². The van der Waals surface area contributed by atoms with Crippen molar-refractivity contribution in [1.29, 1.82) is 0 Å². The Balaban J connectivity index is 2.10. The van der Waals surface area contributed by atoms with Crippen molar-refractivity contribution in [3.8, 4) is 0 Å². The van der Waals surface area contributed by atoms with Crippen LogP contribution in [-0.2, 0) is 0 Å². The van der Waals surface area contributed by atoms with Gasteiger partial charge in [0.05, 0.1) is 5.69 Å². The van der Waals surface area contributed by atoms with Gasteiger partial charge in [0.15, 0.2) is 0 Å². The Bertz CT molecular complexity index is 396. The maximum atomic E-state index is 5.64. The van der Waals surface area contributed by atoms with Gasteiger partial charge in [-0.25, -0.2) is 0 Å². The first-order valence-corrected chi connectivity index (χ1v) is 6.61. The van der Waals surface area contributed by atoms with Crippen LogP contribution in [0.5, 0.6) is 0 Å². The fourth-order valence-electron chi connectivity index (χ4n) is 2.55. The molecule has 0 amide bonds. The molecule has 1 atom stereocenters. The van der Waals surface area contributed by atoms with Crippen LogP contribution < -0.4 is 5.73 Å². The molecule has 92 valence electrons. The number of aryl methyl sites for hydroxylation is 1. The highest BCUT2D eigenvalue weighted by molar-refractivity contribution is 5.63. The number of allylic oxidation sites excluding steroid dienone is 2. The highest BCUT2D eigenvalue weighted by Gasteiger charge is 2.13. The highest BCUT2D eigenvalue weighted by atomic mass is 14.7. The lowest BCUT2D eigenvalue weighted by molar-refractivity contribution is 0.458. The topological polar surface area (TPSA) is 38.9 Å². The molecule has 1 heterocycles. The monoisotopic (exact) mass is 230 g/mol. The second kappa shape index (κ2) is 5.97. The molecule has 0 spiro atoms. The van der Waals surface area contributed by atoms with Gasteiger partial charge in [0, 0.05) is 6.20 Å². The van der Waals surface area contributed by atoms with Crippen molar-refractivity contribution in [3.05, 3.63) is 35.7 Å². The molecule has 0 saturated heterocycles. The van der Waals surface area contributed by atoms with Crippen molar-refractivity contribution >= 4 is 5.57 Å². The summed E-state index contributed by atoms with van der Waals surface area (Å²) < 4.78 is 0. The molecule has 0 radical (unpaired) electrons. The lowest BCUT2D eigenvalue weighted by Gasteiger charge is -2.10. The van der Waals surface area contributed by atoms with Crippen molar-refractivity contribution in [3.63, 3.8) is 0 Å². The van der Waals surface area contributed by atoms with Crippen LogP contribution in [0.1, 0.15) is 43.4 Å². The van der Waals surface area contributed by atoms with Crippen LogP contribution in [0.4, 0.5) is 0 Å². The largest absolute Gasteiger partial charge is 0.330 e. The van der Waals surface area contributed by atoms with Gasteiger partial charge in [-0.2, -0.15) is 0 Å². The third-order valence-electron chi connectivity index (χ3n) is 3.58. The molecule has 0 aliphatic heterocycles. The standard InChI is InChI=1S/C15H22N2/c1-12-8-10-17-15(11-12)14-4-2-3-13(5-6-14)7-9-16/h6,8,10-11,13H,2-5,7,9,16H2,1H3. The van der Waals surface area contributed by atoms with Gasteiger partial charge in [-0.1, -0.05) is 6.08 Å². The number of aromatic nitrogens is 1. The first kappa shape index (κ1) is 12.3. The molecule has 2 N–H and O–H groups in total. The fraction of sp³-hybridized carbons (Fsp3) is 0.533. The molecule has 2 rings (SSSR count). The molecule has 1 unspecified atom stereocenters. The summed E-state index contributed by atoms with van der Waals surface area (Å²) in [5.41, 5.74) is 9.52. The Labute approximate surface area is 104 Å². The predicted molar refractivity (Wildman–Crippen MR) is 72.6 cm³/mol. The molecule has 0 saturated carbocycles. The molecule has 1 aliphatic carbocycles. The Kier molecular flexibility index (Phi) is 4.32. The van der Waals surface area contributed by atoms with Crippen molar-refractivity contribution in [2.75, 3.05) is 6.54 Å². The van der Waals surface area contributed by atoms with E-state index in [0.717, 1.165) is 25.3 Å². The van der Waals surface area contributed by atoms with Gasteiger partial charge in [-0.15, -0.1) is 0 Å². The summed E-state index contributed by atoms with van der Waals surface area (Å²) in [6.45, 7) is 2.94. The number of nitrogens with zero attached hydrogens (tertiary/aromatic N) is 1. The summed E-state index contributed by atoms with van der Waals surface area (Å²) in [7, 11) is 0. The summed E-state index contributed by atoms with van der Waals surface area (Å²) in [5.74, 6) is 0.780. The number of nitrogens with two attached hydrogens (primary N) is 1. The third kappa shape index (κ3) is 3.40. The minimum absolute atomic E-state index is 0.780. The third-order valence-corrected chi connectivity index (χ3v) is 3.58. The van der Waals surface area contributed by atoms with Gasteiger partial charge in [-0.3, -0.25) is 4.98 Å². The molecular weight excluding hydrogens is 208 g/mol. The summed E-state index contributed by atoms with van der Waals surface area (Å²) in [4.78, 5) is 4.48. The second-order valence-electron chi connectivity index (χ2n) is 5.02. The second-order valence-corrected chi connectivity index (χ2v) is 5.02. The van der Waals surface area contributed by atoms with Gasteiger partial charge in [0.2, 0.25) is 0 Å². The lowest BCUT2D eigenvalue weighted by Crippen LogP contribution is -2.07. The van der Waals surface area contributed by atoms with E-state index in [9.17, 15) is 0 Å². The van der Waals surface area contributed by atoms with E-state index in [1.807, 2.05) is 6.20 Å². The molecule has 0 fully saturated rings. The van der Waals surface area contributed by atoms with Gasteiger partial charge in [0.25, 0.3) is 0 Å². The van der Waals surface area contributed by atoms with Gasteiger partial charge in [0.1, 0.15) is 0 Å². The highest BCUT2D eigenvalue weighted by Crippen LogP contribution is 2.29. The van der Waals surface area contributed by atoms with E-state index in [0.29, 0.717) is 0 Å². The minimum Gasteiger partial charge on any atom is -0.330 e. The Hall–Kier alpha value is -1.15. The van der Waals surface area contributed by atoms with E-state index in [4.69, 9.17) is 5.73 Å². The Morgan fingerprint density at radius 2 is 2.35 bits per heavy atom. The number of rotatable bonds is 3. The molecule has 2 nitrogen and oxygen atoms in total. The van der Waals surface area contributed by atoms with Crippen LogP contribution in [0, 0.1) is 12.8 Å². The van der Waals surface area contributed by atoms with Crippen LogP contribution in [0.15, 0.2) is 24.4 Å².